The maximum absolute atomic E-state index is 12.3. The van der Waals surface area contributed by atoms with Crippen molar-refractivity contribution in [2.75, 3.05) is 5.32 Å². The lowest BCUT2D eigenvalue weighted by Gasteiger charge is -2.09. The molecule has 0 atom stereocenters. The third-order valence-electron chi connectivity index (χ3n) is 3.61. The second-order valence-electron chi connectivity index (χ2n) is 5.38. The molecular formula is C19H16ClN3O2. The minimum absolute atomic E-state index is 0.200. The highest BCUT2D eigenvalue weighted by Crippen LogP contribution is 2.23. The summed E-state index contributed by atoms with van der Waals surface area (Å²) in [6, 6.07) is 15.1. The van der Waals surface area contributed by atoms with E-state index in [4.69, 9.17) is 16.3 Å². The summed E-state index contributed by atoms with van der Waals surface area (Å²) < 4.78 is 5.56. The van der Waals surface area contributed by atoms with Crippen LogP contribution in [0.2, 0.25) is 5.02 Å². The predicted octanol–water partition coefficient (Wildman–Crippen LogP) is 4.27. The Morgan fingerprint density at radius 2 is 1.88 bits per heavy atom. The molecule has 1 aromatic heterocycles. The number of benzene rings is 2. The lowest BCUT2D eigenvalue weighted by atomic mass is 10.2. The molecule has 0 fully saturated rings. The first-order valence-electron chi connectivity index (χ1n) is 7.69. The topological polar surface area (TPSA) is 64.1 Å². The molecule has 0 bridgehead atoms. The Balaban J connectivity index is 1.63. The van der Waals surface area contributed by atoms with Crippen LogP contribution in [0.4, 0.5) is 5.69 Å². The Morgan fingerprint density at radius 3 is 2.60 bits per heavy atom. The van der Waals surface area contributed by atoms with Gasteiger partial charge in [-0.2, -0.15) is 0 Å². The molecule has 1 amide bonds. The van der Waals surface area contributed by atoms with Crippen LogP contribution in [0, 0.1) is 6.92 Å². The quantitative estimate of drug-likeness (QED) is 0.744. The first-order chi connectivity index (χ1) is 12.1. The molecule has 1 heterocycles. The number of nitrogens with zero attached hydrogens (tertiary/aromatic N) is 2. The van der Waals surface area contributed by atoms with Gasteiger partial charge in [0.05, 0.1) is 12.4 Å². The fraction of sp³-hybridized carbons (Fsp3) is 0.105. The van der Waals surface area contributed by atoms with E-state index in [0.717, 1.165) is 11.1 Å². The van der Waals surface area contributed by atoms with Crippen LogP contribution in [-0.2, 0) is 6.61 Å². The summed E-state index contributed by atoms with van der Waals surface area (Å²) in [5, 5.41) is 3.37. The van der Waals surface area contributed by atoms with E-state index in [0.29, 0.717) is 23.2 Å². The van der Waals surface area contributed by atoms with Gasteiger partial charge in [0, 0.05) is 10.7 Å². The molecule has 2 aromatic carbocycles. The second-order valence-corrected chi connectivity index (χ2v) is 5.79. The molecular weight excluding hydrogens is 338 g/mol. The summed E-state index contributed by atoms with van der Waals surface area (Å²) in [6.07, 6.45) is 2.82. The fourth-order valence-electron chi connectivity index (χ4n) is 2.17. The van der Waals surface area contributed by atoms with E-state index in [9.17, 15) is 4.79 Å². The summed E-state index contributed by atoms with van der Waals surface area (Å²) in [5.41, 5.74) is 2.67. The van der Waals surface area contributed by atoms with E-state index in [1.165, 1.54) is 12.4 Å². The SMILES string of the molecule is Cc1c(Cl)cccc1NC(=O)c1cnc(OCc2ccccc2)cn1. The Hall–Kier alpha value is -2.92. The Labute approximate surface area is 150 Å². The molecule has 0 spiro atoms. The molecule has 25 heavy (non-hydrogen) atoms. The molecule has 6 heteroatoms. The van der Waals surface area contributed by atoms with Crippen LogP contribution in [0.1, 0.15) is 21.6 Å². The number of carbonyl (C=O) groups is 1. The highest BCUT2D eigenvalue weighted by atomic mass is 35.5. The average Bonchev–Trinajstić information content (AvgIpc) is 2.65. The smallest absolute Gasteiger partial charge is 0.275 e. The van der Waals surface area contributed by atoms with Crippen LogP contribution >= 0.6 is 11.6 Å². The summed E-state index contributed by atoms with van der Waals surface area (Å²) in [7, 11) is 0. The van der Waals surface area contributed by atoms with Gasteiger partial charge < -0.3 is 10.1 Å². The van der Waals surface area contributed by atoms with Crippen LogP contribution < -0.4 is 10.1 Å². The predicted molar refractivity (Wildman–Crippen MR) is 96.9 cm³/mol. The van der Waals surface area contributed by atoms with E-state index < -0.39 is 0 Å². The molecule has 0 saturated heterocycles. The van der Waals surface area contributed by atoms with Crippen LogP contribution in [0.5, 0.6) is 5.88 Å². The van der Waals surface area contributed by atoms with Gasteiger partial charge in [0.2, 0.25) is 5.88 Å². The number of nitrogens with one attached hydrogen (secondary N) is 1. The van der Waals surface area contributed by atoms with Gasteiger partial charge in [0.25, 0.3) is 5.91 Å². The van der Waals surface area contributed by atoms with Crippen molar-refractivity contribution in [3.05, 3.63) is 82.8 Å². The van der Waals surface area contributed by atoms with Crippen molar-refractivity contribution in [3.8, 4) is 5.88 Å². The summed E-state index contributed by atoms with van der Waals surface area (Å²) in [4.78, 5) is 20.5. The van der Waals surface area contributed by atoms with Gasteiger partial charge in [-0.3, -0.25) is 4.79 Å². The van der Waals surface area contributed by atoms with Crippen molar-refractivity contribution in [2.24, 2.45) is 0 Å². The molecule has 5 nitrogen and oxygen atoms in total. The molecule has 0 aliphatic rings. The van der Waals surface area contributed by atoms with Crippen molar-refractivity contribution in [1.82, 2.24) is 9.97 Å². The number of ether oxygens (including phenoxy) is 1. The maximum Gasteiger partial charge on any atom is 0.275 e. The van der Waals surface area contributed by atoms with Crippen molar-refractivity contribution in [1.29, 1.82) is 0 Å². The molecule has 0 radical (unpaired) electrons. The van der Waals surface area contributed by atoms with Crippen LogP contribution in [0.3, 0.4) is 0 Å². The first-order valence-corrected chi connectivity index (χ1v) is 8.06. The number of aromatic nitrogens is 2. The number of carbonyl (C=O) groups excluding carboxylic acids is 1. The molecule has 0 saturated carbocycles. The number of hydrogen-bond acceptors (Lipinski definition) is 4. The first kappa shape index (κ1) is 16.9. The lowest BCUT2D eigenvalue weighted by Crippen LogP contribution is -2.15. The van der Waals surface area contributed by atoms with E-state index >= 15 is 0 Å². The average molecular weight is 354 g/mol. The van der Waals surface area contributed by atoms with E-state index in [1.54, 1.807) is 18.2 Å². The van der Waals surface area contributed by atoms with Gasteiger partial charge in [-0.25, -0.2) is 9.97 Å². The van der Waals surface area contributed by atoms with Crippen molar-refractivity contribution >= 4 is 23.2 Å². The minimum atomic E-state index is -0.354. The zero-order valence-corrected chi connectivity index (χ0v) is 14.3. The fourth-order valence-corrected chi connectivity index (χ4v) is 2.34. The van der Waals surface area contributed by atoms with Gasteiger partial charge in [-0.05, 0) is 30.2 Å². The maximum atomic E-state index is 12.3. The zero-order valence-electron chi connectivity index (χ0n) is 13.6. The summed E-state index contributed by atoms with van der Waals surface area (Å²) in [5.74, 6) is 0.00631. The largest absolute Gasteiger partial charge is 0.472 e. The monoisotopic (exact) mass is 353 g/mol. The Morgan fingerprint density at radius 1 is 1.08 bits per heavy atom. The number of anilines is 1. The zero-order chi connectivity index (χ0) is 17.6. The van der Waals surface area contributed by atoms with Gasteiger partial charge >= 0.3 is 0 Å². The van der Waals surface area contributed by atoms with Crippen LogP contribution in [0.15, 0.2) is 60.9 Å². The summed E-state index contributed by atoms with van der Waals surface area (Å²) >= 11 is 6.05. The third-order valence-corrected chi connectivity index (χ3v) is 4.02. The van der Waals surface area contributed by atoms with E-state index in [1.807, 2.05) is 37.3 Å². The number of halogens is 1. The van der Waals surface area contributed by atoms with Gasteiger partial charge in [0.1, 0.15) is 12.3 Å². The van der Waals surface area contributed by atoms with Gasteiger partial charge in [0.15, 0.2) is 0 Å². The normalized spacial score (nSPS) is 10.3. The van der Waals surface area contributed by atoms with Gasteiger partial charge in [-0.1, -0.05) is 48.0 Å². The van der Waals surface area contributed by atoms with E-state index in [-0.39, 0.29) is 11.6 Å². The standard InChI is InChI=1S/C19H16ClN3O2/c1-13-15(20)8-5-9-16(13)23-19(24)17-10-22-18(11-21-17)25-12-14-6-3-2-4-7-14/h2-11H,12H2,1H3,(H,23,24). The molecule has 0 aliphatic heterocycles. The molecule has 126 valence electrons. The van der Waals surface area contributed by atoms with Crippen molar-refractivity contribution in [3.63, 3.8) is 0 Å². The van der Waals surface area contributed by atoms with Crippen molar-refractivity contribution < 1.29 is 9.53 Å². The molecule has 1 N–H and O–H groups in total. The van der Waals surface area contributed by atoms with Crippen LogP contribution in [0.25, 0.3) is 0 Å². The Bertz CT molecular complexity index is 868. The number of rotatable bonds is 5. The molecule has 0 aliphatic carbocycles. The molecule has 3 rings (SSSR count). The lowest BCUT2D eigenvalue weighted by molar-refractivity contribution is 0.102. The highest BCUT2D eigenvalue weighted by Gasteiger charge is 2.11. The molecule has 3 aromatic rings. The number of amides is 1. The van der Waals surface area contributed by atoms with Gasteiger partial charge in [-0.15, -0.1) is 0 Å². The minimum Gasteiger partial charge on any atom is -0.472 e. The number of hydrogen-bond donors (Lipinski definition) is 1. The summed E-state index contributed by atoms with van der Waals surface area (Å²) in [6.45, 7) is 2.23. The van der Waals surface area contributed by atoms with Crippen molar-refractivity contribution in [2.45, 2.75) is 13.5 Å². The van der Waals surface area contributed by atoms with Crippen LogP contribution in [-0.4, -0.2) is 15.9 Å². The van der Waals surface area contributed by atoms with E-state index in [2.05, 4.69) is 15.3 Å². The Kier molecular flexibility index (Phi) is 5.26. The third kappa shape index (κ3) is 4.33. The second kappa shape index (κ2) is 7.77. The highest BCUT2D eigenvalue weighted by molar-refractivity contribution is 6.31. The molecule has 0 unspecified atom stereocenters.